The van der Waals surface area contributed by atoms with Gasteiger partial charge in [-0.1, -0.05) is 32.0 Å². The molecular weight excluding hydrogens is 647 g/mol. The number of carbonyl (C=O) groups is 5. The zero-order chi connectivity index (χ0) is 34.2. The van der Waals surface area contributed by atoms with Crippen LogP contribution in [0.1, 0.15) is 59.8 Å². The van der Waals surface area contributed by atoms with Crippen LogP contribution >= 0.6 is 11.3 Å². The third-order valence-corrected chi connectivity index (χ3v) is 12.1. The van der Waals surface area contributed by atoms with Crippen LogP contribution in [0.2, 0.25) is 0 Å². The van der Waals surface area contributed by atoms with Crippen molar-refractivity contribution in [3.8, 4) is 0 Å². The first-order valence-electron chi connectivity index (χ1n) is 16.9. The molecular formula is C36H37FN6O5S. The Labute approximate surface area is 285 Å². The van der Waals surface area contributed by atoms with E-state index in [0.29, 0.717) is 30.5 Å². The maximum absolute atomic E-state index is 14.3. The van der Waals surface area contributed by atoms with E-state index >= 15 is 0 Å². The van der Waals surface area contributed by atoms with E-state index in [-0.39, 0.29) is 63.3 Å². The average Bonchev–Trinajstić information content (AvgIpc) is 3.60. The van der Waals surface area contributed by atoms with E-state index < -0.39 is 41.7 Å². The number of hydrogen-bond acceptors (Lipinski definition) is 7. The number of piperidine rings is 1. The number of nitrogens with one attached hydrogen (secondary N) is 4. The minimum absolute atomic E-state index is 0.0819. The molecule has 0 unspecified atom stereocenters. The Kier molecular flexibility index (Phi) is 7.58. The van der Waals surface area contributed by atoms with Crippen molar-refractivity contribution in [1.29, 1.82) is 0 Å². The van der Waals surface area contributed by atoms with Crippen LogP contribution in [0.3, 0.4) is 0 Å². The number of nitrogens with zero attached hydrogens (tertiary/aromatic N) is 2. The lowest BCUT2D eigenvalue weighted by Crippen LogP contribution is -2.58. The lowest BCUT2D eigenvalue weighted by molar-refractivity contribution is -0.142. The van der Waals surface area contributed by atoms with Crippen LogP contribution in [0.4, 0.5) is 4.39 Å². The van der Waals surface area contributed by atoms with E-state index in [9.17, 15) is 28.4 Å². The molecule has 0 radical (unpaired) electrons. The van der Waals surface area contributed by atoms with Crippen molar-refractivity contribution in [3.05, 3.63) is 65.0 Å². The second-order valence-corrected chi connectivity index (χ2v) is 15.5. The normalized spacial score (nSPS) is 25.1. The Morgan fingerprint density at radius 2 is 1.88 bits per heavy atom. The van der Waals surface area contributed by atoms with E-state index in [1.807, 2.05) is 24.3 Å². The molecule has 4 heterocycles. The maximum Gasteiger partial charge on any atom is 0.268 e. The number of halogens is 1. The Morgan fingerprint density at radius 1 is 1.08 bits per heavy atom. The molecule has 0 bridgehead atoms. The predicted molar refractivity (Wildman–Crippen MR) is 180 cm³/mol. The van der Waals surface area contributed by atoms with Gasteiger partial charge in [-0.15, -0.1) is 11.3 Å². The van der Waals surface area contributed by atoms with Crippen molar-refractivity contribution >= 4 is 61.9 Å². The summed E-state index contributed by atoms with van der Waals surface area (Å²) in [6.45, 7) is 5.01. The van der Waals surface area contributed by atoms with E-state index in [4.69, 9.17) is 0 Å². The molecule has 8 rings (SSSR count). The van der Waals surface area contributed by atoms with E-state index in [0.717, 1.165) is 17.5 Å². The molecule has 6 atom stereocenters. The van der Waals surface area contributed by atoms with Gasteiger partial charge in [-0.25, -0.2) is 9.37 Å². The number of aromatic amines is 1. The molecule has 2 aromatic carbocycles. The van der Waals surface area contributed by atoms with Gasteiger partial charge in [0.1, 0.15) is 23.6 Å². The molecule has 11 nitrogen and oxygen atoms in total. The molecule has 2 saturated heterocycles. The maximum atomic E-state index is 14.3. The molecule has 4 amide bonds. The number of para-hydroxylation sites is 1. The quantitative estimate of drug-likeness (QED) is 0.187. The summed E-state index contributed by atoms with van der Waals surface area (Å²) in [5.41, 5.74) is 1.11. The lowest BCUT2D eigenvalue weighted by atomic mass is 9.94. The number of fused-ring (bicyclic) bond motifs is 3. The number of thiazole rings is 1. The molecule has 4 aliphatic rings. The van der Waals surface area contributed by atoms with E-state index in [1.165, 1.54) is 23.5 Å². The lowest BCUT2D eigenvalue weighted by Gasteiger charge is -2.34. The molecule has 2 aliphatic carbocycles. The van der Waals surface area contributed by atoms with Crippen LogP contribution in [0.15, 0.2) is 48.5 Å². The smallest absolute Gasteiger partial charge is 0.268 e. The van der Waals surface area contributed by atoms with Crippen LogP contribution in [-0.4, -0.2) is 75.5 Å². The summed E-state index contributed by atoms with van der Waals surface area (Å²) < 4.78 is 15.2. The largest absolute Gasteiger partial charge is 0.356 e. The van der Waals surface area contributed by atoms with Crippen LogP contribution in [0.25, 0.3) is 21.1 Å². The Bertz CT molecular complexity index is 2000. The van der Waals surface area contributed by atoms with Gasteiger partial charge in [0.25, 0.3) is 5.91 Å². The third-order valence-electron chi connectivity index (χ3n) is 11.1. The van der Waals surface area contributed by atoms with Crippen molar-refractivity contribution in [2.45, 2.75) is 57.7 Å². The Hall–Kier alpha value is -4.65. The number of rotatable bonds is 10. The first kappa shape index (κ1) is 31.6. The molecule has 2 aromatic heterocycles. The van der Waals surface area contributed by atoms with Gasteiger partial charge < -0.3 is 25.8 Å². The van der Waals surface area contributed by atoms with Crippen molar-refractivity contribution in [2.75, 3.05) is 13.1 Å². The highest BCUT2D eigenvalue weighted by atomic mass is 32.1. The van der Waals surface area contributed by atoms with Crippen molar-refractivity contribution < 1.29 is 28.4 Å². The number of amides is 4. The van der Waals surface area contributed by atoms with Gasteiger partial charge in [0.05, 0.1) is 16.3 Å². The zero-order valence-electron chi connectivity index (χ0n) is 27.1. The summed E-state index contributed by atoms with van der Waals surface area (Å²) in [6.07, 6.45) is 2.18. The predicted octanol–water partition coefficient (Wildman–Crippen LogP) is 3.80. The highest BCUT2D eigenvalue weighted by Crippen LogP contribution is 2.65. The van der Waals surface area contributed by atoms with Crippen LogP contribution in [0, 0.1) is 34.9 Å². The summed E-state index contributed by atoms with van der Waals surface area (Å²) in [5, 5.41) is 9.21. The standard InChI is InChI=1S/C36H37FN6O5S/c1-36(2)20-16-43(35(48)28(17-10-11-17)42-32(46)25-15-19-21(37)6-5-8-22(19)39-25)29(27(20)36)33(47)40-24(14-18-12-13-38-31(18)45)30(44)34-41-23-7-3-4-9-26(23)49-34/h3-9,15,17-18,20,24,27-29,39H,10-14,16H2,1-2H3,(H,38,45)(H,40,47)(H,42,46)/t18-,20-,24-,27-,28-,29-/m0/s1. The molecule has 13 heteroatoms. The second-order valence-electron chi connectivity index (χ2n) is 14.5. The van der Waals surface area contributed by atoms with Gasteiger partial charge in [-0.2, -0.15) is 0 Å². The molecule has 2 aliphatic heterocycles. The van der Waals surface area contributed by atoms with Gasteiger partial charge in [-0.05, 0) is 79.2 Å². The highest BCUT2D eigenvalue weighted by Gasteiger charge is 2.70. The Balaban J connectivity index is 1.05. The number of H-pyrrole nitrogens is 1. The molecule has 4 N–H and O–H groups in total. The monoisotopic (exact) mass is 684 g/mol. The number of ketones is 1. The van der Waals surface area contributed by atoms with Gasteiger partial charge in [-0.3, -0.25) is 24.0 Å². The number of carbonyl (C=O) groups excluding carboxylic acids is 5. The minimum Gasteiger partial charge on any atom is -0.356 e. The number of likely N-dealkylation sites (tertiary alicyclic amines) is 1. The average molecular weight is 685 g/mol. The summed E-state index contributed by atoms with van der Waals surface area (Å²) >= 11 is 1.24. The fraction of sp³-hybridized carbons (Fsp3) is 0.444. The van der Waals surface area contributed by atoms with Gasteiger partial charge in [0, 0.05) is 29.9 Å². The fourth-order valence-corrected chi connectivity index (χ4v) is 8.99. The molecule has 0 spiro atoms. The van der Waals surface area contributed by atoms with Gasteiger partial charge in [0.2, 0.25) is 23.5 Å². The number of aromatic nitrogens is 2. The molecule has 254 valence electrons. The third kappa shape index (κ3) is 5.57. The molecule has 2 saturated carbocycles. The highest BCUT2D eigenvalue weighted by molar-refractivity contribution is 7.20. The minimum atomic E-state index is -1.01. The van der Waals surface area contributed by atoms with Crippen LogP contribution in [0.5, 0.6) is 0 Å². The fourth-order valence-electron chi connectivity index (χ4n) is 8.03. The second kappa shape index (κ2) is 11.7. The topological polar surface area (TPSA) is 153 Å². The van der Waals surface area contributed by atoms with E-state index in [1.54, 1.807) is 17.0 Å². The summed E-state index contributed by atoms with van der Waals surface area (Å²) in [6, 6.07) is 10.7. The van der Waals surface area contributed by atoms with Crippen molar-refractivity contribution in [1.82, 2.24) is 30.8 Å². The SMILES string of the molecule is CC1(C)[C@@H]2[C@@H](C(=O)N[C@@H](C[C@@H]3CCNC3=O)C(=O)c3nc4ccccc4s3)N(C(=O)[C@@H](NC(=O)c3cc4c(F)cccc4[nH]3)C3CC3)C[C@@H]21. The first-order chi connectivity index (χ1) is 23.5. The van der Waals surface area contributed by atoms with Crippen molar-refractivity contribution in [3.63, 3.8) is 0 Å². The van der Waals surface area contributed by atoms with E-state index in [2.05, 4.69) is 39.8 Å². The summed E-state index contributed by atoms with van der Waals surface area (Å²) in [7, 11) is 0. The van der Waals surface area contributed by atoms with Crippen LogP contribution < -0.4 is 16.0 Å². The van der Waals surface area contributed by atoms with Gasteiger partial charge in [0.15, 0.2) is 5.01 Å². The molecule has 49 heavy (non-hydrogen) atoms. The Morgan fingerprint density at radius 3 is 2.59 bits per heavy atom. The number of Topliss-reactive ketones (excluding diaryl/α,β-unsaturated/α-hetero) is 1. The first-order valence-corrected chi connectivity index (χ1v) is 17.7. The molecule has 4 aromatic rings. The van der Waals surface area contributed by atoms with Gasteiger partial charge >= 0.3 is 0 Å². The van der Waals surface area contributed by atoms with Crippen molar-refractivity contribution in [2.24, 2.45) is 29.1 Å². The zero-order valence-corrected chi connectivity index (χ0v) is 27.9. The number of benzene rings is 2. The summed E-state index contributed by atoms with van der Waals surface area (Å²) in [5.74, 6) is -2.86. The summed E-state index contributed by atoms with van der Waals surface area (Å²) in [4.78, 5) is 77.7. The number of hydrogen-bond donors (Lipinski definition) is 4. The molecule has 4 fully saturated rings. The van der Waals surface area contributed by atoms with Crippen LogP contribution in [-0.2, 0) is 14.4 Å².